The number of aromatic nitrogens is 2. The molecule has 0 aliphatic heterocycles. The number of amides is 1. The molecule has 3 aromatic rings. The summed E-state index contributed by atoms with van der Waals surface area (Å²) in [5.74, 6) is -1.78. The predicted molar refractivity (Wildman–Crippen MR) is 118 cm³/mol. The second-order valence-corrected chi connectivity index (χ2v) is 7.26. The minimum Gasteiger partial charge on any atom is -0.449 e. The van der Waals surface area contributed by atoms with Crippen molar-refractivity contribution in [3.8, 4) is 5.69 Å². The topological polar surface area (TPSA) is 73.2 Å². The Bertz CT molecular complexity index is 1140. The van der Waals surface area contributed by atoms with Gasteiger partial charge in [-0.15, -0.1) is 0 Å². The molecule has 2 aromatic carbocycles. The summed E-state index contributed by atoms with van der Waals surface area (Å²) in [5, 5.41) is 7.07. The molecule has 6 nitrogen and oxygen atoms in total. The second-order valence-electron chi connectivity index (χ2n) is 6.86. The maximum atomic E-state index is 13.1. The van der Waals surface area contributed by atoms with E-state index in [0.717, 1.165) is 28.7 Å². The number of para-hydroxylation sites is 1. The zero-order valence-electron chi connectivity index (χ0n) is 17.2. The highest BCUT2D eigenvalue weighted by atomic mass is 35.5. The highest BCUT2D eigenvalue weighted by Crippen LogP contribution is 2.23. The van der Waals surface area contributed by atoms with Crippen LogP contribution in [0.4, 0.5) is 10.1 Å². The van der Waals surface area contributed by atoms with Gasteiger partial charge in [0, 0.05) is 17.3 Å². The summed E-state index contributed by atoms with van der Waals surface area (Å²) in [7, 11) is 0. The molecule has 8 heteroatoms. The fourth-order valence-corrected chi connectivity index (χ4v) is 3.17. The molecule has 31 heavy (non-hydrogen) atoms. The summed E-state index contributed by atoms with van der Waals surface area (Å²) in [6, 6.07) is 13.2. The molecule has 1 unspecified atom stereocenters. The normalized spacial score (nSPS) is 12.0. The van der Waals surface area contributed by atoms with Crippen LogP contribution in [0.15, 0.2) is 54.6 Å². The van der Waals surface area contributed by atoms with Crippen molar-refractivity contribution >= 4 is 35.2 Å². The van der Waals surface area contributed by atoms with Gasteiger partial charge in [0.05, 0.1) is 22.1 Å². The number of benzene rings is 2. The zero-order chi connectivity index (χ0) is 22.5. The zero-order valence-corrected chi connectivity index (χ0v) is 18.0. The SMILES string of the molecule is Cc1nn(-c2ccccc2)c(C)c1/C=C/C(=O)OC(C)C(=O)Nc1ccc(F)cc1Cl. The largest absolute Gasteiger partial charge is 0.449 e. The van der Waals surface area contributed by atoms with Gasteiger partial charge in [-0.1, -0.05) is 29.8 Å². The first-order valence-electron chi connectivity index (χ1n) is 9.52. The van der Waals surface area contributed by atoms with E-state index in [9.17, 15) is 14.0 Å². The van der Waals surface area contributed by atoms with Crippen LogP contribution in [0.25, 0.3) is 11.8 Å². The van der Waals surface area contributed by atoms with Crippen LogP contribution >= 0.6 is 11.6 Å². The highest BCUT2D eigenvalue weighted by molar-refractivity contribution is 6.33. The third-order valence-electron chi connectivity index (χ3n) is 4.59. The van der Waals surface area contributed by atoms with Crippen LogP contribution in [0.2, 0.25) is 5.02 Å². The lowest BCUT2D eigenvalue weighted by Crippen LogP contribution is -2.29. The minimum absolute atomic E-state index is 0.0492. The van der Waals surface area contributed by atoms with Gasteiger partial charge >= 0.3 is 5.97 Å². The van der Waals surface area contributed by atoms with Crippen molar-refractivity contribution in [2.75, 3.05) is 5.32 Å². The maximum absolute atomic E-state index is 13.1. The summed E-state index contributed by atoms with van der Waals surface area (Å²) < 4.78 is 20.1. The lowest BCUT2D eigenvalue weighted by Gasteiger charge is -2.13. The second kappa shape index (κ2) is 9.57. The van der Waals surface area contributed by atoms with Gasteiger partial charge in [0.25, 0.3) is 5.91 Å². The Hall–Kier alpha value is -3.45. The van der Waals surface area contributed by atoms with Crippen molar-refractivity contribution in [3.05, 3.63) is 82.4 Å². The van der Waals surface area contributed by atoms with Gasteiger partial charge in [-0.25, -0.2) is 13.9 Å². The van der Waals surface area contributed by atoms with Crippen LogP contribution < -0.4 is 5.32 Å². The van der Waals surface area contributed by atoms with Crippen LogP contribution in [-0.2, 0) is 14.3 Å². The number of hydrogen-bond acceptors (Lipinski definition) is 4. The third kappa shape index (κ3) is 5.38. The molecular weight excluding hydrogens is 421 g/mol. The Morgan fingerprint density at radius 3 is 2.58 bits per heavy atom. The average Bonchev–Trinajstić information content (AvgIpc) is 3.02. The summed E-state index contributed by atoms with van der Waals surface area (Å²) in [4.78, 5) is 24.5. The van der Waals surface area contributed by atoms with Crippen molar-refractivity contribution in [3.63, 3.8) is 0 Å². The van der Waals surface area contributed by atoms with Crippen molar-refractivity contribution in [2.45, 2.75) is 26.9 Å². The van der Waals surface area contributed by atoms with Gasteiger partial charge in [-0.2, -0.15) is 5.10 Å². The molecule has 160 valence electrons. The van der Waals surface area contributed by atoms with Crippen LogP contribution in [0.1, 0.15) is 23.9 Å². The molecule has 0 bridgehead atoms. The molecule has 1 aromatic heterocycles. The minimum atomic E-state index is -1.08. The Balaban J connectivity index is 1.65. The fraction of sp³-hybridized carbons (Fsp3) is 0.174. The van der Waals surface area contributed by atoms with Crippen LogP contribution in [0, 0.1) is 19.7 Å². The summed E-state index contributed by atoms with van der Waals surface area (Å²) in [5.41, 5.74) is 3.55. The smallest absolute Gasteiger partial charge is 0.331 e. The van der Waals surface area contributed by atoms with Gasteiger partial charge in [-0.3, -0.25) is 4.79 Å². The lowest BCUT2D eigenvalue weighted by atomic mass is 10.2. The quantitative estimate of drug-likeness (QED) is 0.437. The molecule has 1 atom stereocenters. The number of aryl methyl sites for hydroxylation is 1. The number of nitrogens with one attached hydrogen (secondary N) is 1. The Morgan fingerprint density at radius 1 is 1.19 bits per heavy atom. The molecule has 1 amide bonds. The molecule has 1 N–H and O–H groups in total. The van der Waals surface area contributed by atoms with Crippen molar-refractivity contribution in [1.82, 2.24) is 9.78 Å². The number of esters is 1. The van der Waals surface area contributed by atoms with E-state index in [0.29, 0.717) is 0 Å². The molecule has 3 rings (SSSR count). The standard InChI is InChI=1S/C23H21ClFN3O3/c1-14-19(15(2)28(27-14)18-7-5-4-6-8-18)10-12-22(29)31-16(3)23(30)26-21-11-9-17(25)13-20(21)24/h4-13,16H,1-3H3,(H,26,30)/b12-10+. The molecule has 0 saturated heterocycles. The van der Waals surface area contributed by atoms with E-state index in [1.807, 2.05) is 44.2 Å². The van der Waals surface area contributed by atoms with E-state index in [1.54, 1.807) is 10.8 Å². The van der Waals surface area contributed by atoms with Gasteiger partial charge < -0.3 is 10.1 Å². The third-order valence-corrected chi connectivity index (χ3v) is 4.90. The number of ether oxygens (including phenoxy) is 1. The molecule has 1 heterocycles. The number of carbonyl (C=O) groups excluding carboxylic acids is 2. The number of rotatable bonds is 6. The van der Waals surface area contributed by atoms with Crippen LogP contribution in [0.3, 0.4) is 0 Å². The number of hydrogen-bond donors (Lipinski definition) is 1. The van der Waals surface area contributed by atoms with Gasteiger partial charge in [0.1, 0.15) is 5.82 Å². The van der Waals surface area contributed by atoms with E-state index in [1.165, 1.54) is 25.1 Å². The first-order chi connectivity index (χ1) is 14.8. The Kier molecular flexibility index (Phi) is 6.87. The summed E-state index contributed by atoms with van der Waals surface area (Å²) in [6.45, 7) is 5.18. The van der Waals surface area contributed by atoms with E-state index in [4.69, 9.17) is 16.3 Å². The monoisotopic (exact) mass is 441 g/mol. The van der Waals surface area contributed by atoms with E-state index in [-0.39, 0.29) is 10.7 Å². The van der Waals surface area contributed by atoms with Crippen LogP contribution in [-0.4, -0.2) is 27.8 Å². The molecule has 0 aliphatic rings. The predicted octanol–water partition coefficient (Wildman–Crippen LogP) is 4.87. The number of halogens is 2. The Labute approximate surface area is 184 Å². The first kappa shape index (κ1) is 22.2. The van der Waals surface area contributed by atoms with Crippen molar-refractivity contribution < 1.29 is 18.7 Å². The van der Waals surface area contributed by atoms with Gasteiger partial charge in [-0.05, 0) is 57.2 Å². The molecular formula is C23H21ClFN3O3. The molecule has 0 fully saturated rings. The maximum Gasteiger partial charge on any atom is 0.331 e. The number of nitrogens with zero attached hydrogens (tertiary/aromatic N) is 2. The van der Waals surface area contributed by atoms with Crippen LogP contribution in [0.5, 0.6) is 0 Å². The molecule has 0 saturated carbocycles. The van der Waals surface area contributed by atoms with E-state index in [2.05, 4.69) is 10.4 Å². The van der Waals surface area contributed by atoms with Gasteiger partial charge in [0.15, 0.2) is 6.10 Å². The van der Waals surface area contributed by atoms with E-state index >= 15 is 0 Å². The number of carbonyl (C=O) groups is 2. The first-order valence-corrected chi connectivity index (χ1v) is 9.90. The summed E-state index contributed by atoms with van der Waals surface area (Å²) in [6.07, 6.45) is 1.79. The van der Waals surface area contributed by atoms with Crippen molar-refractivity contribution in [1.29, 1.82) is 0 Å². The van der Waals surface area contributed by atoms with Gasteiger partial charge in [0.2, 0.25) is 0 Å². The van der Waals surface area contributed by atoms with Crippen molar-refractivity contribution in [2.24, 2.45) is 0 Å². The molecule has 0 radical (unpaired) electrons. The van der Waals surface area contributed by atoms with E-state index < -0.39 is 23.8 Å². The summed E-state index contributed by atoms with van der Waals surface area (Å²) >= 11 is 5.90. The molecule has 0 spiro atoms. The number of anilines is 1. The lowest BCUT2D eigenvalue weighted by molar-refractivity contribution is -0.148. The average molecular weight is 442 g/mol. The Morgan fingerprint density at radius 2 is 1.90 bits per heavy atom. The molecule has 0 aliphatic carbocycles. The fourth-order valence-electron chi connectivity index (χ4n) is 2.96. The highest BCUT2D eigenvalue weighted by Gasteiger charge is 2.18.